The van der Waals surface area contributed by atoms with Gasteiger partial charge in [0.1, 0.15) is 11.6 Å². The third-order valence-corrected chi connectivity index (χ3v) is 6.12. The van der Waals surface area contributed by atoms with Crippen molar-refractivity contribution in [1.29, 1.82) is 0 Å². The molecule has 3 aromatic carbocycles. The molecule has 34 heavy (non-hydrogen) atoms. The first kappa shape index (κ1) is 20.2. The first-order valence-corrected chi connectivity index (χ1v) is 11.3. The molecule has 0 radical (unpaired) electrons. The molecule has 0 atom stereocenters. The first-order chi connectivity index (χ1) is 16.7. The maximum absolute atomic E-state index is 5.97. The normalized spacial score (nSPS) is 11.2. The number of benzene rings is 3. The van der Waals surface area contributed by atoms with Gasteiger partial charge in [-0.1, -0.05) is 54.6 Å². The van der Waals surface area contributed by atoms with Gasteiger partial charge in [-0.2, -0.15) is 0 Å². The van der Waals surface area contributed by atoms with Crippen LogP contribution < -0.4 is 4.74 Å². The second-order valence-electron chi connectivity index (χ2n) is 8.48. The van der Waals surface area contributed by atoms with E-state index in [4.69, 9.17) is 9.72 Å². The van der Waals surface area contributed by atoms with Gasteiger partial charge in [0.15, 0.2) is 0 Å². The number of ether oxygens (including phenoxy) is 1. The Morgan fingerprint density at radius 3 is 2.38 bits per heavy atom. The molecular formula is C30H23N3O. The third kappa shape index (κ3) is 3.50. The molecule has 0 aliphatic rings. The highest BCUT2D eigenvalue weighted by atomic mass is 16.5. The number of para-hydroxylation sites is 1. The number of hydrogen-bond acceptors (Lipinski definition) is 3. The Morgan fingerprint density at radius 2 is 1.50 bits per heavy atom. The summed E-state index contributed by atoms with van der Waals surface area (Å²) in [6, 6.07) is 33.1. The maximum Gasteiger partial charge on any atom is 0.219 e. The molecule has 0 fully saturated rings. The molecule has 3 heterocycles. The van der Waals surface area contributed by atoms with Crippen LogP contribution in [0.2, 0.25) is 0 Å². The average molecular weight is 442 g/mol. The minimum atomic E-state index is 0.580. The van der Waals surface area contributed by atoms with Crippen LogP contribution in [0.25, 0.3) is 38.8 Å². The highest BCUT2D eigenvalue weighted by Gasteiger charge is 2.15. The van der Waals surface area contributed by atoms with Crippen molar-refractivity contribution in [3.63, 3.8) is 0 Å². The lowest BCUT2D eigenvalue weighted by atomic mass is 10.0. The quantitative estimate of drug-likeness (QED) is 0.282. The van der Waals surface area contributed by atoms with E-state index in [-0.39, 0.29) is 0 Å². The van der Waals surface area contributed by atoms with Crippen molar-refractivity contribution >= 4 is 21.8 Å². The highest BCUT2D eigenvalue weighted by molar-refractivity contribution is 6.10. The molecule has 0 saturated heterocycles. The Hall–Kier alpha value is -4.44. The van der Waals surface area contributed by atoms with Gasteiger partial charge < -0.3 is 4.74 Å². The summed E-state index contributed by atoms with van der Waals surface area (Å²) in [7, 11) is 0. The number of aromatic nitrogens is 3. The number of hydrogen-bond donors (Lipinski definition) is 0. The van der Waals surface area contributed by atoms with Crippen LogP contribution in [0.1, 0.15) is 11.3 Å². The molecular weight excluding hydrogens is 418 g/mol. The highest BCUT2D eigenvalue weighted by Crippen LogP contribution is 2.36. The van der Waals surface area contributed by atoms with E-state index in [1.54, 1.807) is 6.20 Å². The fraction of sp³-hybridized carbons (Fsp3) is 0.0667. The summed E-state index contributed by atoms with van der Waals surface area (Å²) in [6.45, 7) is 4.15. The number of rotatable bonds is 4. The fourth-order valence-corrected chi connectivity index (χ4v) is 4.48. The molecule has 3 aromatic heterocycles. The molecule has 0 amide bonds. The second-order valence-corrected chi connectivity index (χ2v) is 8.48. The van der Waals surface area contributed by atoms with E-state index in [1.807, 2.05) is 37.3 Å². The second kappa shape index (κ2) is 8.16. The fourth-order valence-electron chi connectivity index (χ4n) is 4.48. The summed E-state index contributed by atoms with van der Waals surface area (Å²) < 4.78 is 8.25. The predicted octanol–water partition coefficient (Wildman–Crippen LogP) is 7.65. The van der Waals surface area contributed by atoms with Crippen molar-refractivity contribution in [2.24, 2.45) is 0 Å². The van der Waals surface area contributed by atoms with Gasteiger partial charge in [0, 0.05) is 28.7 Å². The Morgan fingerprint density at radius 1 is 0.676 bits per heavy atom. The molecule has 0 N–H and O–H groups in total. The third-order valence-electron chi connectivity index (χ3n) is 6.12. The van der Waals surface area contributed by atoms with Crippen LogP contribution in [0.4, 0.5) is 0 Å². The number of pyridine rings is 2. The molecule has 0 unspecified atom stereocenters. The molecule has 6 aromatic rings. The van der Waals surface area contributed by atoms with E-state index in [9.17, 15) is 0 Å². The lowest BCUT2D eigenvalue weighted by Crippen LogP contribution is -2.01. The van der Waals surface area contributed by atoms with E-state index in [2.05, 4.69) is 83.2 Å². The lowest BCUT2D eigenvalue weighted by Gasteiger charge is -2.12. The smallest absolute Gasteiger partial charge is 0.219 e. The molecule has 0 saturated carbocycles. The van der Waals surface area contributed by atoms with E-state index < -0.39 is 0 Å². The van der Waals surface area contributed by atoms with Crippen molar-refractivity contribution in [1.82, 2.24) is 14.5 Å². The molecule has 4 heteroatoms. The zero-order chi connectivity index (χ0) is 23.1. The monoisotopic (exact) mass is 441 g/mol. The van der Waals surface area contributed by atoms with E-state index in [1.165, 1.54) is 10.8 Å². The number of fused-ring (bicyclic) bond motifs is 3. The summed E-state index contributed by atoms with van der Waals surface area (Å²) in [5, 5.41) is 2.43. The van der Waals surface area contributed by atoms with Crippen LogP contribution >= 0.6 is 0 Å². The Labute approximate surface area is 198 Å². The topological polar surface area (TPSA) is 39.9 Å². The summed E-state index contributed by atoms with van der Waals surface area (Å²) >= 11 is 0. The van der Waals surface area contributed by atoms with Crippen LogP contribution in [-0.4, -0.2) is 14.5 Å². The van der Waals surface area contributed by atoms with Crippen LogP contribution in [0.5, 0.6) is 11.6 Å². The zero-order valence-electron chi connectivity index (χ0n) is 19.1. The average Bonchev–Trinajstić information content (AvgIpc) is 3.20. The number of aryl methyl sites for hydroxylation is 2. The Bertz CT molecular complexity index is 1650. The van der Waals surface area contributed by atoms with E-state index in [0.717, 1.165) is 45.0 Å². The van der Waals surface area contributed by atoms with E-state index >= 15 is 0 Å². The van der Waals surface area contributed by atoms with Crippen molar-refractivity contribution in [2.45, 2.75) is 13.8 Å². The van der Waals surface area contributed by atoms with Gasteiger partial charge in [0.25, 0.3) is 0 Å². The minimum absolute atomic E-state index is 0.580. The van der Waals surface area contributed by atoms with Crippen LogP contribution in [-0.2, 0) is 0 Å². The van der Waals surface area contributed by atoms with Gasteiger partial charge in [0.05, 0.1) is 11.0 Å². The molecule has 4 nitrogen and oxygen atoms in total. The first-order valence-electron chi connectivity index (χ1n) is 11.3. The van der Waals surface area contributed by atoms with E-state index in [0.29, 0.717) is 5.88 Å². The molecule has 164 valence electrons. The summed E-state index contributed by atoms with van der Waals surface area (Å²) in [4.78, 5) is 9.18. The summed E-state index contributed by atoms with van der Waals surface area (Å²) in [5.41, 5.74) is 6.64. The lowest BCUT2D eigenvalue weighted by molar-refractivity contribution is 0.463. The van der Waals surface area contributed by atoms with Crippen LogP contribution in [0, 0.1) is 13.8 Å². The van der Waals surface area contributed by atoms with Gasteiger partial charge in [-0.25, -0.2) is 9.97 Å². The van der Waals surface area contributed by atoms with Gasteiger partial charge in [0.2, 0.25) is 5.88 Å². The standard InChI is InChI=1S/C30H23N3O/c1-20-13-14-21(2)32-30(20)33-27-11-4-3-10-25(27)26-16-15-23(19-28(26)33)22-8-7-9-24(18-22)34-29-12-5-6-17-31-29/h3-19H,1-2H3. The van der Waals surface area contributed by atoms with Crippen molar-refractivity contribution < 1.29 is 4.74 Å². The van der Waals surface area contributed by atoms with Crippen LogP contribution in [0.3, 0.4) is 0 Å². The summed E-state index contributed by atoms with van der Waals surface area (Å²) in [5.74, 6) is 2.31. The molecule has 0 aliphatic carbocycles. The Balaban J connectivity index is 1.53. The molecule has 0 spiro atoms. The minimum Gasteiger partial charge on any atom is -0.439 e. The maximum atomic E-state index is 5.97. The van der Waals surface area contributed by atoms with Gasteiger partial charge in [-0.15, -0.1) is 0 Å². The van der Waals surface area contributed by atoms with Gasteiger partial charge in [-0.3, -0.25) is 4.57 Å². The Kier molecular flexibility index (Phi) is 4.84. The van der Waals surface area contributed by atoms with Crippen molar-refractivity contribution in [3.05, 3.63) is 115 Å². The molecule has 0 bridgehead atoms. The largest absolute Gasteiger partial charge is 0.439 e. The molecule has 6 rings (SSSR count). The summed E-state index contributed by atoms with van der Waals surface area (Å²) in [6.07, 6.45) is 1.73. The number of nitrogens with zero attached hydrogens (tertiary/aromatic N) is 3. The van der Waals surface area contributed by atoms with Crippen molar-refractivity contribution in [2.75, 3.05) is 0 Å². The SMILES string of the molecule is Cc1ccc(C)c(-n2c3ccccc3c3ccc(-c4cccc(Oc5ccccn5)c4)cc32)n1. The van der Waals surface area contributed by atoms with Gasteiger partial charge >= 0.3 is 0 Å². The van der Waals surface area contributed by atoms with Gasteiger partial charge in [-0.05, 0) is 66.9 Å². The predicted molar refractivity (Wildman–Crippen MR) is 138 cm³/mol. The molecule has 0 aliphatic heterocycles. The van der Waals surface area contributed by atoms with Crippen LogP contribution in [0.15, 0.2) is 103 Å². The zero-order valence-corrected chi connectivity index (χ0v) is 19.1. The van der Waals surface area contributed by atoms with Crippen molar-refractivity contribution in [3.8, 4) is 28.6 Å².